The minimum atomic E-state index is -0.337. The summed E-state index contributed by atoms with van der Waals surface area (Å²) < 4.78 is 4.99. The molecule has 27 heavy (non-hydrogen) atoms. The van der Waals surface area contributed by atoms with Gasteiger partial charge < -0.3 is 15.0 Å². The molecule has 0 atom stereocenters. The Bertz CT molecular complexity index is 884. The van der Waals surface area contributed by atoms with E-state index in [1.807, 2.05) is 42.2 Å². The van der Waals surface area contributed by atoms with Crippen molar-refractivity contribution in [2.24, 2.45) is 0 Å². The van der Waals surface area contributed by atoms with E-state index in [9.17, 15) is 4.79 Å². The molecule has 0 fully saturated rings. The molecular weight excluding hydrogens is 342 g/mol. The second kappa shape index (κ2) is 8.75. The molecule has 1 N–H and O–H groups in total. The van der Waals surface area contributed by atoms with E-state index in [-0.39, 0.29) is 5.97 Å². The first kappa shape index (κ1) is 18.3. The maximum absolute atomic E-state index is 11.7. The van der Waals surface area contributed by atoms with E-state index in [0.717, 1.165) is 11.4 Å². The molecule has 138 valence electrons. The van der Waals surface area contributed by atoms with Crippen LogP contribution in [0.3, 0.4) is 0 Å². The highest BCUT2D eigenvalue weighted by Gasteiger charge is 2.12. The Morgan fingerprint density at radius 1 is 1.07 bits per heavy atom. The number of rotatable bonds is 7. The molecule has 0 aliphatic carbocycles. The zero-order valence-electron chi connectivity index (χ0n) is 15.3. The molecule has 7 heteroatoms. The molecule has 1 aromatic heterocycles. The quantitative estimate of drug-likeness (QED) is 0.637. The van der Waals surface area contributed by atoms with E-state index in [0.29, 0.717) is 30.5 Å². The van der Waals surface area contributed by atoms with Crippen LogP contribution in [-0.2, 0) is 4.74 Å². The average Bonchev–Trinajstić information content (AvgIpc) is 2.70. The third-order valence-corrected chi connectivity index (χ3v) is 3.84. The van der Waals surface area contributed by atoms with Crippen LogP contribution in [0.15, 0.2) is 60.8 Å². The zero-order chi connectivity index (χ0) is 19.1. The van der Waals surface area contributed by atoms with Gasteiger partial charge in [-0.3, -0.25) is 0 Å². The summed E-state index contributed by atoms with van der Waals surface area (Å²) in [6.07, 6.45) is 1.56. The molecule has 0 amide bonds. The van der Waals surface area contributed by atoms with Gasteiger partial charge >= 0.3 is 5.97 Å². The third-order valence-electron chi connectivity index (χ3n) is 3.84. The van der Waals surface area contributed by atoms with Crippen molar-refractivity contribution in [2.75, 3.05) is 23.4 Å². The van der Waals surface area contributed by atoms with E-state index in [4.69, 9.17) is 4.74 Å². The van der Waals surface area contributed by atoms with Crippen molar-refractivity contribution in [3.05, 3.63) is 66.4 Å². The molecule has 3 rings (SSSR count). The number of carbonyl (C=O) groups is 1. The molecule has 3 aromatic rings. The summed E-state index contributed by atoms with van der Waals surface area (Å²) in [5, 5.41) is 11.4. The Morgan fingerprint density at radius 2 is 1.81 bits per heavy atom. The number of benzene rings is 2. The highest BCUT2D eigenvalue weighted by Crippen LogP contribution is 2.22. The number of hydrogen-bond acceptors (Lipinski definition) is 7. The van der Waals surface area contributed by atoms with Gasteiger partial charge in [-0.05, 0) is 50.2 Å². The molecule has 0 bridgehead atoms. The number of aromatic nitrogens is 3. The molecular formula is C20H21N5O2. The zero-order valence-corrected chi connectivity index (χ0v) is 15.3. The Kier molecular flexibility index (Phi) is 5.94. The topological polar surface area (TPSA) is 80.2 Å². The number of nitrogens with one attached hydrogen (secondary N) is 1. The van der Waals surface area contributed by atoms with Gasteiger partial charge in [0.25, 0.3) is 5.95 Å². The lowest BCUT2D eigenvalue weighted by Crippen LogP contribution is -2.19. The number of nitrogens with zero attached hydrogens (tertiary/aromatic N) is 4. The summed E-state index contributed by atoms with van der Waals surface area (Å²) >= 11 is 0. The maximum atomic E-state index is 11.7. The minimum absolute atomic E-state index is 0.337. The Balaban J connectivity index is 1.77. The summed E-state index contributed by atoms with van der Waals surface area (Å²) in [7, 11) is 0. The molecule has 0 aliphatic heterocycles. The van der Waals surface area contributed by atoms with Crippen LogP contribution in [0.2, 0.25) is 0 Å². The molecule has 0 unspecified atom stereocenters. The first-order valence-corrected chi connectivity index (χ1v) is 8.77. The van der Waals surface area contributed by atoms with Gasteiger partial charge in [0.05, 0.1) is 18.4 Å². The van der Waals surface area contributed by atoms with Crippen molar-refractivity contribution in [1.82, 2.24) is 15.2 Å². The summed E-state index contributed by atoms with van der Waals surface area (Å²) in [6, 6.07) is 16.9. The smallest absolute Gasteiger partial charge is 0.338 e. The van der Waals surface area contributed by atoms with Crippen molar-refractivity contribution in [3.8, 4) is 0 Å². The van der Waals surface area contributed by atoms with Crippen LogP contribution >= 0.6 is 0 Å². The fourth-order valence-corrected chi connectivity index (χ4v) is 2.57. The maximum Gasteiger partial charge on any atom is 0.338 e. The summed E-state index contributed by atoms with van der Waals surface area (Å²) in [5.41, 5.74) is 2.29. The highest BCUT2D eigenvalue weighted by molar-refractivity contribution is 5.89. The van der Waals surface area contributed by atoms with Crippen molar-refractivity contribution >= 4 is 29.1 Å². The minimum Gasteiger partial charge on any atom is -0.462 e. The van der Waals surface area contributed by atoms with Crippen LogP contribution in [0.25, 0.3) is 0 Å². The highest BCUT2D eigenvalue weighted by atomic mass is 16.5. The van der Waals surface area contributed by atoms with Crippen molar-refractivity contribution < 1.29 is 9.53 Å². The van der Waals surface area contributed by atoms with Crippen LogP contribution in [-0.4, -0.2) is 34.3 Å². The molecule has 1 heterocycles. The van der Waals surface area contributed by atoms with Gasteiger partial charge in [0, 0.05) is 17.9 Å². The van der Waals surface area contributed by atoms with Gasteiger partial charge in [0.2, 0.25) is 0 Å². The first-order valence-electron chi connectivity index (χ1n) is 8.77. The van der Waals surface area contributed by atoms with E-state index in [2.05, 4.69) is 20.5 Å². The predicted octanol–water partition coefficient (Wildman–Crippen LogP) is 3.95. The third kappa shape index (κ3) is 4.58. The number of carbonyl (C=O) groups excluding carboxylic acids is 1. The van der Waals surface area contributed by atoms with Crippen LogP contribution in [0.1, 0.15) is 24.2 Å². The lowest BCUT2D eigenvalue weighted by molar-refractivity contribution is 0.0526. The number of hydrogen-bond donors (Lipinski definition) is 1. The van der Waals surface area contributed by atoms with E-state index < -0.39 is 0 Å². The van der Waals surface area contributed by atoms with Gasteiger partial charge in [-0.1, -0.05) is 18.2 Å². The first-order chi connectivity index (χ1) is 13.2. The second-order valence-corrected chi connectivity index (χ2v) is 5.64. The summed E-state index contributed by atoms with van der Waals surface area (Å²) in [5.74, 6) is 0.742. The SMILES string of the molecule is CCOC(=O)c1ccc(Nc2cnnc(N(CC)c3ccccc3)n2)cc1. The molecule has 0 saturated carbocycles. The molecule has 0 saturated heterocycles. The van der Waals surface area contributed by atoms with Gasteiger partial charge in [0.15, 0.2) is 5.82 Å². The fourth-order valence-electron chi connectivity index (χ4n) is 2.57. The van der Waals surface area contributed by atoms with Crippen LogP contribution in [0.5, 0.6) is 0 Å². The van der Waals surface area contributed by atoms with Gasteiger partial charge in [-0.15, -0.1) is 5.10 Å². The van der Waals surface area contributed by atoms with Crippen LogP contribution in [0.4, 0.5) is 23.1 Å². The average molecular weight is 363 g/mol. The molecule has 7 nitrogen and oxygen atoms in total. The molecule has 0 radical (unpaired) electrons. The second-order valence-electron chi connectivity index (χ2n) is 5.64. The number of para-hydroxylation sites is 1. The summed E-state index contributed by atoms with van der Waals surface area (Å²) in [6.45, 7) is 4.88. The lowest BCUT2D eigenvalue weighted by atomic mass is 10.2. The number of esters is 1. The standard InChI is InChI=1S/C20H21N5O2/c1-3-25(17-8-6-5-7-9-17)20-23-18(14-21-24-20)22-16-12-10-15(11-13-16)19(26)27-4-2/h5-14H,3-4H2,1-2H3,(H,22,23,24). The van der Waals surface area contributed by atoms with Gasteiger partial charge in [0.1, 0.15) is 0 Å². The summed E-state index contributed by atoms with van der Waals surface area (Å²) in [4.78, 5) is 18.2. The fraction of sp³-hybridized carbons (Fsp3) is 0.200. The molecule has 0 aliphatic rings. The monoisotopic (exact) mass is 363 g/mol. The molecule has 0 spiro atoms. The Morgan fingerprint density at radius 3 is 2.48 bits per heavy atom. The number of anilines is 4. The van der Waals surface area contributed by atoms with Crippen molar-refractivity contribution in [2.45, 2.75) is 13.8 Å². The Hall–Kier alpha value is -3.48. The largest absolute Gasteiger partial charge is 0.462 e. The van der Waals surface area contributed by atoms with Crippen LogP contribution < -0.4 is 10.2 Å². The van der Waals surface area contributed by atoms with Gasteiger partial charge in [-0.2, -0.15) is 10.1 Å². The predicted molar refractivity (Wildman–Crippen MR) is 105 cm³/mol. The van der Waals surface area contributed by atoms with E-state index in [1.54, 1.807) is 37.4 Å². The van der Waals surface area contributed by atoms with Crippen molar-refractivity contribution in [3.63, 3.8) is 0 Å². The molecule has 2 aromatic carbocycles. The van der Waals surface area contributed by atoms with E-state index in [1.165, 1.54) is 0 Å². The van der Waals surface area contributed by atoms with Gasteiger partial charge in [-0.25, -0.2) is 4.79 Å². The van der Waals surface area contributed by atoms with E-state index >= 15 is 0 Å². The Labute approximate surface area is 158 Å². The van der Waals surface area contributed by atoms with Crippen molar-refractivity contribution in [1.29, 1.82) is 0 Å². The number of ether oxygens (including phenoxy) is 1. The normalized spacial score (nSPS) is 10.3. The lowest BCUT2D eigenvalue weighted by Gasteiger charge is -2.20. The van der Waals surface area contributed by atoms with Crippen LogP contribution in [0, 0.1) is 0 Å².